The van der Waals surface area contributed by atoms with Crippen LogP contribution in [-0.4, -0.2) is 35.9 Å². The van der Waals surface area contributed by atoms with Gasteiger partial charge in [0.25, 0.3) is 5.91 Å². The van der Waals surface area contributed by atoms with E-state index in [9.17, 15) is 4.79 Å². The molecule has 0 aliphatic carbocycles. The van der Waals surface area contributed by atoms with Gasteiger partial charge in [0, 0.05) is 20.1 Å². The summed E-state index contributed by atoms with van der Waals surface area (Å²) in [6, 6.07) is 3.59. The summed E-state index contributed by atoms with van der Waals surface area (Å²) in [6.07, 6.45) is 0.950. The highest BCUT2D eigenvalue weighted by Crippen LogP contribution is 2.20. The van der Waals surface area contributed by atoms with Crippen LogP contribution in [0.5, 0.6) is 0 Å². The van der Waals surface area contributed by atoms with Crippen molar-refractivity contribution in [3.8, 4) is 0 Å². The molecule has 1 heterocycles. The average molecular weight is 284 g/mol. The number of carbonyl (C=O) groups excluding carboxylic acids is 1. The number of carbonyl (C=O) groups is 1. The highest BCUT2D eigenvalue weighted by molar-refractivity contribution is 6.33. The van der Waals surface area contributed by atoms with Crippen molar-refractivity contribution in [2.45, 2.75) is 33.2 Å². The van der Waals surface area contributed by atoms with Crippen LogP contribution >= 0.6 is 11.6 Å². The number of rotatable bonds is 5. The molecule has 0 saturated heterocycles. The molecule has 106 valence electrons. The molecule has 1 aromatic rings. The van der Waals surface area contributed by atoms with Crippen LogP contribution in [0.1, 0.15) is 37.7 Å². The van der Waals surface area contributed by atoms with Gasteiger partial charge < -0.3 is 10.2 Å². The molecule has 0 radical (unpaired) electrons. The van der Waals surface area contributed by atoms with Crippen molar-refractivity contribution in [1.29, 1.82) is 0 Å². The highest BCUT2D eigenvalue weighted by Gasteiger charge is 2.22. The number of amides is 1. The van der Waals surface area contributed by atoms with Crippen LogP contribution in [0.15, 0.2) is 12.1 Å². The predicted molar refractivity (Wildman–Crippen MR) is 79.8 cm³/mol. The van der Waals surface area contributed by atoms with Gasteiger partial charge in [-0.05, 0) is 31.4 Å². The van der Waals surface area contributed by atoms with Crippen molar-refractivity contribution in [3.05, 3.63) is 22.8 Å². The van der Waals surface area contributed by atoms with E-state index in [2.05, 4.69) is 24.1 Å². The van der Waals surface area contributed by atoms with E-state index in [0.717, 1.165) is 6.42 Å². The number of nitrogens with zero attached hydrogens (tertiary/aromatic N) is 2. The minimum absolute atomic E-state index is 0.143. The lowest BCUT2D eigenvalue weighted by Crippen LogP contribution is -2.36. The molecule has 0 aliphatic heterocycles. The first kappa shape index (κ1) is 15.8. The van der Waals surface area contributed by atoms with E-state index in [1.54, 1.807) is 31.1 Å². The summed E-state index contributed by atoms with van der Waals surface area (Å²) in [7, 11) is 3.55. The molecule has 1 atom stereocenters. The van der Waals surface area contributed by atoms with Gasteiger partial charge in [0.1, 0.15) is 11.5 Å². The smallest absolute Gasteiger partial charge is 0.274 e. The van der Waals surface area contributed by atoms with Crippen molar-refractivity contribution >= 4 is 23.3 Å². The topological polar surface area (TPSA) is 45.2 Å². The number of hydrogen-bond donors (Lipinski definition) is 1. The van der Waals surface area contributed by atoms with Gasteiger partial charge in [0.05, 0.1) is 5.02 Å². The Balaban J connectivity index is 2.93. The third kappa shape index (κ3) is 4.10. The van der Waals surface area contributed by atoms with E-state index < -0.39 is 0 Å². The lowest BCUT2D eigenvalue weighted by molar-refractivity contribution is 0.0722. The molecule has 19 heavy (non-hydrogen) atoms. The van der Waals surface area contributed by atoms with Gasteiger partial charge in [0.15, 0.2) is 0 Å². The van der Waals surface area contributed by atoms with Crippen molar-refractivity contribution in [2.75, 3.05) is 19.4 Å². The minimum atomic E-state index is -0.143. The Morgan fingerprint density at radius 1 is 1.42 bits per heavy atom. The SMILES string of the molecule is CNc1ccc(Cl)c(C(=O)N(C)C(C)CC(C)C)n1. The molecule has 0 saturated carbocycles. The molecule has 1 N–H and O–H groups in total. The van der Waals surface area contributed by atoms with Gasteiger partial charge >= 0.3 is 0 Å². The number of hydrogen-bond acceptors (Lipinski definition) is 3. The van der Waals surface area contributed by atoms with Crippen molar-refractivity contribution in [3.63, 3.8) is 0 Å². The maximum Gasteiger partial charge on any atom is 0.274 e. The Labute approximate surface area is 120 Å². The number of nitrogens with one attached hydrogen (secondary N) is 1. The van der Waals surface area contributed by atoms with Gasteiger partial charge in [0.2, 0.25) is 0 Å². The molecule has 1 rings (SSSR count). The standard InChI is InChI=1S/C14H22ClN3O/c1-9(2)8-10(3)18(5)14(19)13-11(15)6-7-12(16-4)17-13/h6-7,9-10H,8H2,1-5H3,(H,16,17). The minimum Gasteiger partial charge on any atom is -0.373 e. The van der Waals surface area contributed by atoms with Crippen LogP contribution in [0.25, 0.3) is 0 Å². The number of pyridine rings is 1. The van der Waals surface area contributed by atoms with E-state index >= 15 is 0 Å². The van der Waals surface area contributed by atoms with Crippen LogP contribution in [0.3, 0.4) is 0 Å². The molecular weight excluding hydrogens is 262 g/mol. The molecule has 0 bridgehead atoms. The summed E-state index contributed by atoms with van der Waals surface area (Å²) < 4.78 is 0. The van der Waals surface area contributed by atoms with Crippen LogP contribution < -0.4 is 5.32 Å². The van der Waals surface area contributed by atoms with Crippen LogP contribution in [0.4, 0.5) is 5.82 Å². The van der Waals surface area contributed by atoms with Gasteiger partial charge in [-0.15, -0.1) is 0 Å². The fourth-order valence-electron chi connectivity index (χ4n) is 1.94. The van der Waals surface area contributed by atoms with Gasteiger partial charge in [-0.3, -0.25) is 4.79 Å². The maximum atomic E-state index is 12.4. The quantitative estimate of drug-likeness (QED) is 0.902. The zero-order valence-electron chi connectivity index (χ0n) is 12.2. The second-order valence-corrected chi connectivity index (χ2v) is 5.58. The molecule has 5 heteroatoms. The molecule has 0 fully saturated rings. The maximum absolute atomic E-state index is 12.4. The van der Waals surface area contributed by atoms with E-state index in [1.165, 1.54) is 0 Å². The van der Waals surface area contributed by atoms with Crippen molar-refractivity contribution < 1.29 is 4.79 Å². The monoisotopic (exact) mass is 283 g/mol. The Hall–Kier alpha value is -1.29. The van der Waals surface area contributed by atoms with E-state index in [4.69, 9.17) is 11.6 Å². The molecule has 0 aromatic carbocycles. The van der Waals surface area contributed by atoms with Gasteiger partial charge in [-0.1, -0.05) is 25.4 Å². The largest absolute Gasteiger partial charge is 0.373 e. The van der Waals surface area contributed by atoms with Crippen LogP contribution in [-0.2, 0) is 0 Å². The predicted octanol–water partition coefficient (Wildman–Crippen LogP) is 3.28. The Kier molecular flexibility index (Phi) is 5.60. The third-order valence-electron chi connectivity index (χ3n) is 3.10. The third-order valence-corrected chi connectivity index (χ3v) is 3.40. The fourth-order valence-corrected chi connectivity index (χ4v) is 2.12. The van der Waals surface area contributed by atoms with E-state index in [0.29, 0.717) is 22.5 Å². The lowest BCUT2D eigenvalue weighted by Gasteiger charge is -2.26. The molecule has 1 aromatic heterocycles. The molecular formula is C14H22ClN3O. The number of anilines is 1. The summed E-state index contributed by atoms with van der Waals surface area (Å²) in [5.74, 6) is 1.03. The highest BCUT2D eigenvalue weighted by atomic mass is 35.5. The zero-order valence-corrected chi connectivity index (χ0v) is 13.0. The van der Waals surface area contributed by atoms with Gasteiger partial charge in [-0.2, -0.15) is 0 Å². The van der Waals surface area contributed by atoms with Gasteiger partial charge in [-0.25, -0.2) is 4.98 Å². The fraction of sp³-hybridized carbons (Fsp3) is 0.571. The van der Waals surface area contributed by atoms with E-state index in [1.807, 2.05) is 6.92 Å². The Bertz CT molecular complexity index is 448. The molecule has 0 spiro atoms. The zero-order chi connectivity index (χ0) is 14.6. The Morgan fingerprint density at radius 2 is 2.05 bits per heavy atom. The number of halogens is 1. The van der Waals surface area contributed by atoms with E-state index in [-0.39, 0.29) is 11.9 Å². The average Bonchev–Trinajstić information content (AvgIpc) is 2.36. The summed E-state index contributed by atoms with van der Waals surface area (Å²) in [6.45, 7) is 6.32. The molecule has 0 aliphatic rings. The first-order valence-corrected chi connectivity index (χ1v) is 6.86. The normalized spacial score (nSPS) is 12.4. The first-order chi connectivity index (χ1) is 8.86. The second-order valence-electron chi connectivity index (χ2n) is 5.17. The van der Waals surface area contributed by atoms with Crippen LogP contribution in [0, 0.1) is 5.92 Å². The summed E-state index contributed by atoms with van der Waals surface area (Å²) >= 11 is 6.06. The first-order valence-electron chi connectivity index (χ1n) is 6.48. The van der Waals surface area contributed by atoms with Crippen molar-refractivity contribution in [1.82, 2.24) is 9.88 Å². The van der Waals surface area contributed by atoms with Crippen LogP contribution in [0.2, 0.25) is 5.02 Å². The Morgan fingerprint density at radius 3 is 2.58 bits per heavy atom. The summed E-state index contributed by atoms with van der Waals surface area (Å²) in [5, 5.41) is 3.29. The molecule has 1 amide bonds. The second kappa shape index (κ2) is 6.75. The lowest BCUT2D eigenvalue weighted by atomic mass is 10.0. The van der Waals surface area contributed by atoms with Crippen molar-refractivity contribution in [2.24, 2.45) is 5.92 Å². The summed E-state index contributed by atoms with van der Waals surface area (Å²) in [4.78, 5) is 18.3. The summed E-state index contributed by atoms with van der Waals surface area (Å²) in [5.41, 5.74) is 0.298. The molecule has 1 unspecified atom stereocenters. The number of aromatic nitrogens is 1. The molecule has 4 nitrogen and oxygen atoms in total.